The highest BCUT2D eigenvalue weighted by molar-refractivity contribution is 6.30. The molecule has 0 spiro atoms. The quantitative estimate of drug-likeness (QED) is 0.617. The van der Waals surface area contributed by atoms with Gasteiger partial charge in [0, 0.05) is 16.7 Å². The van der Waals surface area contributed by atoms with E-state index in [4.69, 9.17) is 16.7 Å². The van der Waals surface area contributed by atoms with E-state index in [0.29, 0.717) is 0 Å². The number of nitrogens with one attached hydrogen (secondary N) is 1. The lowest BCUT2D eigenvalue weighted by atomic mass is 10.1. The van der Waals surface area contributed by atoms with Crippen LogP contribution in [0.4, 0.5) is 4.39 Å². The largest absolute Gasteiger partial charge is 0.507 e. The van der Waals surface area contributed by atoms with Crippen LogP contribution in [0, 0.1) is 5.82 Å². The van der Waals surface area contributed by atoms with E-state index in [1.807, 2.05) is 0 Å². The molecule has 136 valence electrons. The molecule has 3 rings (SSSR count). The summed E-state index contributed by atoms with van der Waals surface area (Å²) in [5.74, 6) is -3.23. The zero-order chi connectivity index (χ0) is 18.1. The first-order chi connectivity index (χ1) is 11.9. The van der Waals surface area contributed by atoms with Crippen LogP contribution < -0.4 is 5.32 Å². The molecule has 0 saturated carbocycles. The first-order valence-electron chi connectivity index (χ1n) is 6.89. The van der Waals surface area contributed by atoms with Crippen molar-refractivity contribution in [1.82, 2.24) is 19.9 Å². The first kappa shape index (κ1) is 19.4. The van der Waals surface area contributed by atoms with Gasteiger partial charge in [0.2, 0.25) is 0 Å². The summed E-state index contributed by atoms with van der Waals surface area (Å²) in [5.41, 5.74) is -0.0780. The van der Waals surface area contributed by atoms with Crippen LogP contribution in [0.15, 0.2) is 30.6 Å². The molecule has 0 aliphatic heterocycles. The standard InChI is InChI=1S/C15H10ClFN4O4.ClH/c16-7-1-2-8(9(17)3-7)10-4-11(22)13(14-19-6-20-21(10)14)15(25)18-5-12(23)24;/h1-4,6,22H,5H2,(H,18,25)(H,23,24);1H. The molecular formula is C15H11Cl2FN4O4. The fourth-order valence-electron chi connectivity index (χ4n) is 2.32. The van der Waals surface area contributed by atoms with Crippen LogP contribution in [-0.4, -0.2) is 43.2 Å². The van der Waals surface area contributed by atoms with E-state index < -0.39 is 30.0 Å². The van der Waals surface area contributed by atoms with E-state index in [0.717, 1.165) is 18.5 Å². The van der Waals surface area contributed by atoms with Gasteiger partial charge in [-0.05, 0) is 18.2 Å². The number of halogens is 3. The molecule has 0 bridgehead atoms. The van der Waals surface area contributed by atoms with Crippen LogP contribution in [0.3, 0.4) is 0 Å². The zero-order valence-corrected chi connectivity index (χ0v) is 14.4. The summed E-state index contributed by atoms with van der Waals surface area (Å²) < 4.78 is 15.4. The molecule has 26 heavy (non-hydrogen) atoms. The number of hydrogen-bond acceptors (Lipinski definition) is 5. The number of carboxylic acid groups (broad SMARTS) is 1. The number of amides is 1. The van der Waals surface area contributed by atoms with Crippen molar-refractivity contribution >= 4 is 41.5 Å². The molecule has 0 aliphatic carbocycles. The molecule has 0 radical (unpaired) electrons. The van der Waals surface area contributed by atoms with Gasteiger partial charge in [0.1, 0.15) is 30.0 Å². The second-order valence-corrected chi connectivity index (χ2v) is 5.42. The Balaban J connectivity index is 0.00000243. The van der Waals surface area contributed by atoms with Crippen LogP contribution in [0.1, 0.15) is 10.4 Å². The summed E-state index contributed by atoms with van der Waals surface area (Å²) >= 11 is 5.73. The van der Waals surface area contributed by atoms with Gasteiger partial charge in [-0.3, -0.25) is 9.59 Å². The van der Waals surface area contributed by atoms with Gasteiger partial charge in [-0.15, -0.1) is 12.4 Å². The number of carbonyl (C=O) groups excluding carboxylic acids is 1. The normalized spacial score (nSPS) is 10.4. The Labute approximate surface area is 156 Å². The maximum absolute atomic E-state index is 14.2. The predicted molar refractivity (Wildman–Crippen MR) is 92.3 cm³/mol. The Hall–Kier alpha value is -2.91. The molecule has 1 amide bonds. The van der Waals surface area contributed by atoms with Crippen molar-refractivity contribution in [3.63, 3.8) is 0 Å². The number of nitrogens with zero attached hydrogens (tertiary/aromatic N) is 3. The minimum atomic E-state index is -1.25. The van der Waals surface area contributed by atoms with E-state index >= 15 is 0 Å². The molecule has 8 nitrogen and oxygen atoms in total. The highest BCUT2D eigenvalue weighted by atomic mass is 35.5. The van der Waals surface area contributed by atoms with Crippen molar-refractivity contribution < 1.29 is 24.2 Å². The molecule has 0 aliphatic rings. The molecule has 0 atom stereocenters. The maximum Gasteiger partial charge on any atom is 0.322 e. The van der Waals surface area contributed by atoms with Gasteiger partial charge in [0.25, 0.3) is 5.91 Å². The van der Waals surface area contributed by atoms with Gasteiger partial charge in [0.05, 0.1) is 5.69 Å². The number of rotatable bonds is 4. The molecule has 2 aromatic heterocycles. The lowest BCUT2D eigenvalue weighted by molar-refractivity contribution is -0.135. The first-order valence-corrected chi connectivity index (χ1v) is 7.27. The van der Waals surface area contributed by atoms with Crippen molar-refractivity contribution in [1.29, 1.82) is 0 Å². The molecule has 2 heterocycles. The lowest BCUT2D eigenvalue weighted by Crippen LogP contribution is -2.29. The Morgan fingerprint density at radius 1 is 1.31 bits per heavy atom. The van der Waals surface area contributed by atoms with E-state index in [-0.39, 0.29) is 39.9 Å². The fourth-order valence-corrected chi connectivity index (χ4v) is 2.48. The van der Waals surface area contributed by atoms with Crippen molar-refractivity contribution in [2.75, 3.05) is 6.54 Å². The van der Waals surface area contributed by atoms with Crippen molar-refractivity contribution in [2.24, 2.45) is 0 Å². The van der Waals surface area contributed by atoms with E-state index in [1.165, 1.54) is 16.6 Å². The number of aliphatic carboxylic acids is 1. The highest BCUT2D eigenvalue weighted by Crippen LogP contribution is 2.31. The Morgan fingerprint density at radius 2 is 2.04 bits per heavy atom. The third-order valence-electron chi connectivity index (χ3n) is 3.36. The summed E-state index contributed by atoms with van der Waals surface area (Å²) in [6.07, 6.45) is 1.13. The SMILES string of the molecule is Cl.O=C(O)CNC(=O)c1c(O)cc(-c2ccc(Cl)cc2F)n2ncnc12. The molecule has 0 unspecified atom stereocenters. The molecule has 0 saturated heterocycles. The number of benzene rings is 1. The van der Waals surface area contributed by atoms with Crippen LogP contribution in [0.5, 0.6) is 5.75 Å². The molecule has 3 aromatic rings. The number of aromatic nitrogens is 3. The Morgan fingerprint density at radius 3 is 2.69 bits per heavy atom. The van der Waals surface area contributed by atoms with Crippen LogP contribution >= 0.6 is 24.0 Å². The van der Waals surface area contributed by atoms with Gasteiger partial charge in [-0.1, -0.05) is 11.6 Å². The van der Waals surface area contributed by atoms with E-state index in [2.05, 4.69) is 15.4 Å². The lowest BCUT2D eigenvalue weighted by Gasteiger charge is -2.11. The summed E-state index contributed by atoms with van der Waals surface area (Å²) in [5, 5.41) is 25.1. The minimum Gasteiger partial charge on any atom is -0.507 e. The molecular weight excluding hydrogens is 390 g/mol. The van der Waals surface area contributed by atoms with Gasteiger partial charge < -0.3 is 15.5 Å². The molecule has 1 aromatic carbocycles. The van der Waals surface area contributed by atoms with Crippen molar-refractivity contribution in [3.8, 4) is 17.0 Å². The average Bonchev–Trinajstić information content (AvgIpc) is 3.01. The number of aromatic hydroxyl groups is 1. The van der Waals surface area contributed by atoms with E-state index in [1.54, 1.807) is 0 Å². The van der Waals surface area contributed by atoms with Crippen molar-refractivity contribution in [3.05, 3.63) is 47.0 Å². The van der Waals surface area contributed by atoms with Crippen molar-refractivity contribution in [2.45, 2.75) is 0 Å². The Bertz CT molecular complexity index is 1010. The predicted octanol–water partition coefficient (Wildman–Crippen LogP) is 2.13. The third-order valence-corrected chi connectivity index (χ3v) is 3.60. The summed E-state index contributed by atoms with van der Waals surface area (Å²) in [7, 11) is 0. The fraction of sp³-hybridized carbons (Fsp3) is 0.0667. The molecule has 11 heteroatoms. The van der Waals surface area contributed by atoms with Crippen LogP contribution in [0.2, 0.25) is 5.02 Å². The number of fused-ring (bicyclic) bond motifs is 1. The summed E-state index contributed by atoms with van der Waals surface area (Å²) in [6.45, 7) is -0.633. The average molecular weight is 401 g/mol. The number of carbonyl (C=O) groups is 2. The number of pyridine rings is 1. The molecule has 3 N–H and O–H groups in total. The second kappa shape index (κ2) is 7.54. The number of hydrogen-bond donors (Lipinski definition) is 3. The summed E-state index contributed by atoms with van der Waals surface area (Å²) in [4.78, 5) is 26.6. The third kappa shape index (κ3) is 3.53. The topological polar surface area (TPSA) is 117 Å². The second-order valence-electron chi connectivity index (χ2n) is 4.99. The Kier molecular flexibility index (Phi) is 5.63. The van der Waals surface area contributed by atoms with Crippen LogP contribution in [0.25, 0.3) is 16.9 Å². The van der Waals surface area contributed by atoms with E-state index in [9.17, 15) is 19.1 Å². The van der Waals surface area contributed by atoms with Gasteiger partial charge in [-0.25, -0.2) is 13.9 Å². The smallest absolute Gasteiger partial charge is 0.322 e. The van der Waals surface area contributed by atoms with Gasteiger partial charge >= 0.3 is 5.97 Å². The minimum absolute atomic E-state index is 0. The van der Waals surface area contributed by atoms with Crippen LogP contribution in [-0.2, 0) is 4.79 Å². The zero-order valence-electron chi connectivity index (χ0n) is 12.8. The summed E-state index contributed by atoms with van der Waals surface area (Å²) in [6, 6.07) is 5.11. The maximum atomic E-state index is 14.2. The van der Waals surface area contributed by atoms with Gasteiger partial charge in [0.15, 0.2) is 5.65 Å². The number of carboxylic acids is 1. The highest BCUT2D eigenvalue weighted by Gasteiger charge is 2.22. The van der Waals surface area contributed by atoms with Gasteiger partial charge in [-0.2, -0.15) is 5.10 Å². The monoisotopic (exact) mass is 400 g/mol. The molecule has 0 fully saturated rings.